The molecule has 0 spiro atoms. The van der Waals surface area contributed by atoms with Crippen LogP contribution < -0.4 is 5.32 Å². The van der Waals surface area contributed by atoms with Crippen LogP contribution in [0, 0.1) is 23.0 Å². The minimum absolute atomic E-state index is 0.134. The molecule has 1 saturated carbocycles. The quantitative estimate of drug-likeness (QED) is 0.941. The molecule has 1 aromatic heterocycles. The van der Waals surface area contributed by atoms with Gasteiger partial charge in [-0.1, -0.05) is 0 Å². The SMILES string of the molecule is N#Cc1cc(CNC2(c3ccncc3)CCC2)c(F)cc1F. The van der Waals surface area contributed by atoms with E-state index in [9.17, 15) is 8.78 Å². The van der Waals surface area contributed by atoms with E-state index >= 15 is 0 Å². The second kappa shape index (κ2) is 5.82. The van der Waals surface area contributed by atoms with Crippen LogP contribution >= 0.6 is 0 Å². The molecule has 0 radical (unpaired) electrons. The van der Waals surface area contributed by atoms with Gasteiger partial charge < -0.3 is 5.32 Å². The lowest BCUT2D eigenvalue weighted by atomic mass is 9.72. The fraction of sp³-hybridized carbons (Fsp3) is 0.294. The van der Waals surface area contributed by atoms with E-state index in [2.05, 4.69) is 10.3 Å². The van der Waals surface area contributed by atoms with Gasteiger partial charge in [-0.2, -0.15) is 5.26 Å². The second-order valence-electron chi connectivity index (χ2n) is 5.56. The molecule has 0 atom stereocenters. The van der Waals surface area contributed by atoms with Crippen LogP contribution in [0.4, 0.5) is 8.78 Å². The predicted octanol–water partition coefficient (Wildman–Crippen LogP) is 3.40. The van der Waals surface area contributed by atoms with Crippen molar-refractivity contribution in [3.8, 4) is 6.07 Å². The number of nitrogens with one attached hydrogen (secondary N) is 1. The maximum atomic E-state index is 13.9. The minimum atomic E-state index is -0.823. The highest BCUT2D eigenvalue weighted by Gasteiger charge is 2.38. The molecule has 3 nitrogen and oxygen atoms in total. The third kappa shape index (κ3) is 2.58. The van der Waals surface area contributed by atoms with Crippen LogP contribution in [0.15, 0.2) is 36.7 Å². The number of hydrogen-bond donors (Lipinski definition) is 1. The first-order chi connectivity index (χ1) is 10.6. The Morgan fingerprint density at radius 3 is 2.50 bits per heavy atom. The zero-order valence-electron chi connectivity index (χ0n) is 11.9. The summed E-state index contributed by atoms with van der Waals surface area (Å²) in [6, 6.07) is 7.69. The molecule has 1 fully saturated rings. The highest BCUT2D eigenvalue weighted by atomic mass is 19.1. The first-order valence-electron chi connectivity index (χ1n) is 7.18. The van der Waals surface area contributed by atoms with E-state index < -0.39 is 11.6 Å². The van der Waals surface area contributed by atoms with Gasteiger partial charge in [0.15, 0.2) is 0 Å². The first-order valence-corrected chi connectivity index (χ1v) is 7.18. The number of benzene rings is 1. The van der Waals surface area contributed by atoms with Crippen molar-refractivity contribution >= 4 is 0 Å². The van der Waals surface area contributed by atoms with E-state index in [1.54, 1.807) is 18.5 Å². The molecule has 0 bridgehead atoms. The molecule has 1 heterocycles. The largest absolute Gasteiger partial charge is 0.303 e. The molecule has 1 aliphatic carbocycles. The highest BCUT2D eigenvalue weighted by molar-refractivity contribution is 5.35. The predicted molar refractivity (Wildman–Crippen MR) is 77.7 cm³/mol. The van der Waals surface area contributed by atoms with Crippen molar-refractivity contribution < 1.29 is 8.78 Å². The van der Waals surface area contributed by atoms with Crippen molar-refractivity contribution in [1.29, 1.82) is 5.26 Å². The molecule has 1 aliphatic rings. The maximum Gasteiger partial charge on any atom is 0.143 e. The van der Waals surface area contributed by atoms with E-state index in [0.717, 1.165) is 30.9 Å². The summed E-state index contributed by atoms with van der Waals surface area (Å²) >= 11 is 0. The summed E-state index contributed by atoms with van der Waals surface area (Å²) in [7, 11) is 0. The molecule has 1 aromatic carbocycles. The maximum absolute atomic E-state index is 13.9. The van der Waals surface area contributed by atoms with Crippen LogP contribution in [0.3, 0.4) is 0 Å². The van der Waals surface area contributed by atoms with Gasteiger partial charge in [-0.3, -0.25) is 4.98 Å². The average molecular weight is 299 g/mol. The van der Waals surface area contributed by atoms with Gasteiger partial charge in [0.2, 0.25) is 0 Å². The summed E-state index contributed by atoms with van der Waals surface area (Å²) in [5.74, 6) is -1.45. The van der Waals surface area contributed by atoms with Gasteiger partial charge >= 0.3 is 0 Å². The number of aromatic nitrogens is 1. The molecular formula is C17H15F2N3. The number of nitrogens with zero attached hydrogens (tertiary/aromatic N) is 2. The van der Waals surface area contributed by atoms with Crippen molar-refractivity contribution in [3.05, 3.63) is 65.0 Å². The third-order valence-corrected chi connectivity index (χ3v) is 4.31. The normalized spacial score (nSPS) is 15.9. The van der Waals surface area contributed by atoms with Crippen molar-refractivity contribution in [3.63, 3.8) is 0 Å². The van der Waals surface area contributed by atoms with Crippen molar-refractivity contribution in [2.75, 3.05) is 0 Å². The molecule has 112 valence electrons. The Balaban J connectivity index is 1.81. The fourth-order valence-electron chi connectivity index (χ4n) is 2.85. The van der Waals surface area contributed by atoms with E-state index in [4.69, 9.17) is 5.26 Å². The summed E-state index contributed by atoms with van der Waals surface area (Å²) < 4.78 is 27.2. The van der Waals surface area contributed by atoms with Crippen LogP contribution in [0.1, 0.15) is 36.0 Å². The summed E-state index contributed by atoms with van der Waals surface area (Å²) in [4.78, 5) is 4.02. The van der Waals surface area contributed by atoms with E-state index in [0.29, 0.717) is 5.56 Å². The lowest BCUT2D eigenvalue weighted by Gasteiger charge is -2.43. The lowest BCUT2D eigenvalue weighted by molar-refractivity contribution is 0.182. The van der Waals surface area contributed by atoms with Gasteiger partial charge in [0.05, 0.1) is 5.56 Å². The lowest BCUT2D eigenvalue weighted by Crippen LogP contribution is -2.47. The van der Waals surface area contributed by atoms with Crippen LogP contribution in [0.2, 0.25) is 0 Å². The van der Waals surface area contributed by atoms with Crippen molar-refractivity contribution in [2.45, 2.75) is 31.3 Å². The van der Waals surface area contributed by atoms with Crippen LogP contribution in [0.5, 0.6) is 0 Å². The summed E-state index contributed by atoms with van der Waals surface area (Å²) in [5, 5.41) is 12.2. The Bertz CT molecular complexity index is 719. The molecule has 0 aliphatic heterocycles. The Hall–Kier alpha value is -2.32. The monoisotopic (exact) mass is 299 g/mol. The van der Waals surface area contributed by atoms with E-state index in [1.807, 2.05) is 12.1 Å². The molecule has 0 unspecified atom stereocenters. The molecule has 1 N–H and O–H groups in total. The standard InChI is InChI=1S/C17H15F2N3/c18-15-9-16(19)13(8-12(15)10-20)11-22-17(4-1-5-17)14-2-6-21-7-3-14/h2-3,6-9,22H,1,4-5,11H2. The zero-order chi connectivity index (χ0) is 15.6. The number of nitriles is 1. The Kier molecular flexibility index (Phi) is 3.86. The number of rotatable bonds is 4. The van der Waals surface area contributed by atoms with Crippen molar-refractivity contribution in [2.24, 2.45) is 0 Å². The van der Waals surface area contributed by atoms with Gasteiger partial charge in [-0.25, -0.2) is 8.78 Å². The van der Waals surface area contributed by atoms with Gasteiger partial charge in [0.25, 0.3) is 0 Å². The number of pyridine rings is 1. The van der Waals surface area contributed by atoms with Gasteiger partial charge in [0, 0.05) is 36.1 Å². The van der Waals surface area contributed by atoms with Gasteiger partial charge in [0.1, 0.15) is 17.7 Å². The van der Waals surface area contributed by atoms with E-state index in [-0.39, 0.29) is 17.6 Å². The first kappa shape index (κ1) is 14.6. The number of halogens is 2. The molecule has 22 heavy (non-hydrogen) atoms. The van der Waals surface area contributed by atoms with Gasteiger partial charge in [-0.15, -0.1) is 0 Å². The van der Waals surface area contributed by atoms with Crippen molar-refractivity contribution in [1.82, 2.24) is 10.3 Å². The van der Waals surface area contributed by atoms with Crippen LogP contribution in [-0.2, 0) is 12.1 Å². The molecule has 2 aromatic rings. The second-order valence-corrected chi connectivity index (χ2v) is 5.56. The minimum Gasteiger partial charge on any atom is -0.303 e. The average Bonchev–Trinajstić information content (AvgIpc) is 2.49. The van der Waals surface area contributed by atoms with E-state index in [1.165, 1.54) is 6.07 Å². The fourth-order valence-corrected chi connectivity index (χ4v) is 2.85. The molecule has 5 heteroatoms. The zero-order valence-corrected chi connectivity index (χ0v) is 11.9. The van der Waals surface area contributed by atoms with Crippen LogP contribution in [0.25, 0.3) is 0 Å². The molecular weight excluding hydrogens is 284 g/mol. The van der Waals surface area contributed by atoms with Crippen LogP contribution in [-0.4, -0.2) is 4.98 Å². The summed E-state index contributed by atoms with van der Waals surface area (Å²) in [6.45, 7) is 0.253. The molecule has 3 rings (SSSR count). The Labute approximate surface area is 127 Å². The third-order valence-electron chi connectivity index (χ3n) is 4.31. The summed E-state index contributed by atoms with van der Waals surface area (Å²) in [6.07, 6.45) is 6.51. The molecule has 0 amide bonds. The van der Waals surface area contributed by atoms with Gasteiger partial charge in [-0.05, 0) is 43.0 Å². The Morgan fingerprint density at radius 2 is 1.91 bits per heavy atom. The number of hydrogen-bond acceptors (Lipinski definition) is 3. The smallest absolute Gasteiger partial charge is 0.143 e. The Morgan fingerprint density at radius 1 is 1.18 bits per heavy atom. The highest BCUT2D eigenvalue weighted by Crippen LogP contribution is 2.41. The molecule has 0 saturated heterocycles. The topological polar surface area (TPSA) is 48.7 Å². The summed E-state index contributed by atoms with van der Waals surface area (Å²) in [5.41, 5.74) is 1.11.